The zero-order chi connectivity index (χ0) is 45.5. The second kappa shape index (κ2) is 40.8. The molecule has 9 unspecified atom stereocenters. The molecule has 0 radical (unpaired) electrons. The highest BCUT2D eigenvalue weighted by molar-refractivity contribution is 5.80. The molecule has 62 heavy (non-hydrogen) atoms. The predicted molar refractivity (Wildman–Crippen MR) is 252 cm³/mol. The van der Waals surface area contributed by atoms with Crippen LogP contribution < -0.4 is 5.32 Å². The maximum atomic E-state index is 13.1. The highest BCUT2D eigenvalue weighted by Gasteiger charge is 2.44. The van der Waals surface area contributed by atoms with Crippen molar-refractivity contribution in [3.05, 3.63) is 36.5 Å². The summed E-state index contributed by atoms with van der Waals surface area (Å²) in [5, 5.41) is 75.5. The van der Waals surface area contributed by atoms with Gasteiger partial charge in [0.15, 0.2) is 6.29 Å². The van der Waals surface area contributed by atoms with Crippen molar-refractivity contribution in [2.45, 2.75) is 268 Å². The standard InChI is InChI=1S/C51H95NO10/c1-3-5-7-9-11-13-14-15-16-17-18-19-20-21-22-23-24-25-26-27-28-29-31-33-35-37-39-44(55)50(60)52-42(41-61-51-49(59)48(58)47(57)45(40-53)62-51)46(56)43(54)38-36-34-32-30-12-10-8-6-4-2/h6,8,21-22,30,32,42-49,51,53-59H,3-5,7,9-20,23-29,31,33-41H2,1-2H3,(H,52,60)/b8-6+,22-21-,32-30+. The van der Waals surface area contributed by atoms with E-state index in [1.165, 1.54) is 128 Å². The van der Waals surface area contributed by atoms with Gasteiger partial charge >= 0.3 is 0 Å². The van der Waals surface area contributed by atoms with Crippen LogP contribution in [-0.4, -0.2) is 110 Å². The van der Waals surface area contributed by atoms with Crippen molar-refractivity contribution in [1.82, 2.24) is 5.32 Å². The summed E-state index contributed by atoms with van der Waals surface area (Å²) in [4.78, 5) is 13.1. The molecule has 11 heteroatoms. The smallest absolute Gasteiger partial charge is 0.249 e. The van der Waals surface area contributed by atoms with Crippen molar-refractivity contribution >= 4 is 5.91 Å². The molecule has 1 aliphatic heterocycles. The van der Waals surface area contributed by atoms with E-state index in [-0.39, 0.29) is 12.8 Å². The number of allylic oxidation sites excluding steroid dienone is 6. The first kappa shape index (κ1) is 58.3. The van der Waals surface area contributed by atoms with Crippen molar-refractivity contribution < 1.29 is 50.0 Å². The molecule has 1 saturated heterocycles. The molecule has 1 rings (SSSR count). The van der Waals surface area contributed by atoms with E-state index in [1.54, 1.807) is 0 Å². The molecule has 1 aliphatic rings. The molecule has 1 fully saturated rings. The van der Waals surface area contributed by atoms with E-state index in [4.69, 9.17) is 9.47 Å². The van der Waals surface area contributed by atoms with Crippen LogP contribution in [0.2, 0.25) is 0 Å². The minimum Gasteiger partial charge on any atom is -0.394 e. The van der Waals surface area contributed by atoms with Gasteiger partial charge in [0.2, 0.25) is 5.91 Å². The zero-order valence-corrected chi connectivity index (χ0v) is 39.4. The van der Waals surface area contributed by atoms with Crippen LogP contribution >= 0.6 is 0 Å². The van der Waals surface area contributed by atoms with Crippen LogP contribution in [0.4, 0.5) is 0 Å². The SMILES string of the molecule is CC/C=C/CC/C=C/CCCC(O)C(O)C(COC1OC(CO)C(O)C(O)C1O)NC(=O)C(O)CCCCCCCCCCCC/C=C\CCCCCCCCCCCCCC. The van der Waals surface area contributed by atoms with E-state index < -0.39 is 74.2 Å². The fraction of sp³-hybridized carbons (Fsp3) is 0.863. The van der Waals surface area contributed by atoms with Crippen LogP contribution in [0.25, 0.3) is 0 Å². The van der Waals surface area contributed by atoms with Crippen molar-refractivity contribution in [2.24, 2.45) is 0 Å². The number of carbonyl (C=O) groups is 1. The first-order valence-corrected chi connectivity index (χ1v) is 25.4. The molecule has 364 valence electrons. The summed E-state index contributed by atoms with van der Waals surface area (Å²) in [5.74, 6) is -0.714. The third-order valence-corrected chi connectivity index (χ3v) is 12.2. The van der Waals surface area contributed by atoms with Gasteiger partial charge in [-0.05, 0) is 70.6 Å². The van der Waals surface area contributed by atoms with E-state index in [0.29, 0.717) is 19.3 Å². The summed E-state index contributed by atoms with van der Waals surface area (Å²) in [6.45, 7) is 3.29. The monoisotopic (exact) mass is 882 g/mol. The number of ether oxygens (including phenoxy) is 2. The summed E-state index contributed by atoms with van der Waals surface area (Å²) in [5.41, 5.74) is 0. The van der Waals surface area contributed by atoms with E-state index in [0.717, 1.165) is 38.5 Å². The molecule has 0 aromatic heterocycles. The maximum absolute atomic E-state index is 13.1. The lowest BCUT2D eigenvalue weighted by atomic mass is 9.98. The second-order valence-corrected chi connectivity index (χ2v) is 17.8. The first-order chi connectivity index (χ1) is 30.2. The minimum atomic E-state index is -1.67. The Kier molecular flexibility index (Phi) is 38.4. The van der Waals surface area contributed by atoms with Crippen LogP contribution in [0, 0.1) is 0 Å². The number of aliphatic hydroxyl groups is 7. The third-order valence-electron chi connectivity index (χ3n) is 12.2. The second-order valence-electron chi connectivity index (χ2n) is 17.8. The fourth-order valence-electron chi connectivity index (χ4n) is 7.99. The molecule has 1 heterocycles. The summed E-state index contributed by atoms with van der Waals surface area (Å²) in [6.07, 6.45) is 36.7. The quantitative estimate of drug-likeness (QED) is 0.0217. The number of nitrogens with one attached hydrogen (secondary N) is 1. The Balaban J connectivity index is 2.28. The van der Waals surface area contributed by atoms with Crippen LogP contribution in [0.1, 0.15) is 213 Å². The first-order valence-electron chi connectivity index (χ1n) is 25.4. The highest BCUT2D eigenvalue weighted by Crippen LogP contribution is 2.23. The van der Waals surface area contributed by atoms with E-state index in [2.05, 4.69) is 49.5 Å². The summed E-state index contributed by atoms with van der Waals surface area (Å²) < 4.78 is 11.1. The van der Waals surface area contributed by atoms with Gasteiger partial charge < -0.3 is 50.5 Å². The third kappa shape index (κ3) is 29.7. The van der Waals surface area contributed by atoms with Crippen LogP contribution in [0.5, 0.6) is 0 Å². The molecule has 11 nitrogen and oxygen atoms in total. The number of rotatable bonds is 42. The molecule has 8 N–H and O–H groups in total. The number of unbranched alkanes of at least 4 members (excludes halogenated alkanes) is 24. The molecule has 0 aromatic rings. The Morgan fingerprint density at radius 2 is 1.02 bits per heavy atom. The molecule has 0 bridgehead atoms. The lowest BCUT2D eigenvalue weighted by Crippen LogP contribution is -2.60. The topological polar surface area (TPSA) is 189 Å². The van der Waals surface area contributed by atoms with Gasteiger partial charge in [-0.25, -0.2) is 0 Å². The van der Waals surface area contributed by atoms with Crippen LogP contribution in [-0.2, 0) is 14.3 Å². The van der Waals surface area contributed by atoms with Gasteiger partial charge in [-0.15, -0.1) is 0 Å². The van der Waals surface area contributed by atoms with Crippen molar-refractivity contribution in [2.75, 3.05) is 13.2 Å². The Hall–Kier alpha value is -1.67. The molecular formula is C51H95NO10. The average molecular weight is 882 g/mol. The van der Waals surface area contributed by atoms with E-state index in [9.17, 15) is 40.5 Å². The Morgan fingerprint density at radius 3 is 1.52 bits per heavy atom. The summed E-state index contributed by atoms with van der Waals surface area (Å²) in [7, 11) is 0. The van der Waals surface area contributed by atoms with Gasteiger partial charge in [0, 0.05) is 0 Å². The van der Waals surface area contributed by atoms with Crippen LogP contribution in [0.3, 0.4) is 0 Å². The van der Waals surface area contributed by atoms with Crippen molar-refractivity contribution in [3.63, 3.8) is 0 Å². The zero-order valence-electron chi connectivity index (χ0n) is 39.4. The Morgan fingerprint density at radius 1 is 0.565 bits per heavy atom. The summed E-state index contributed by atoms with van der Waals surface area (Å²) in [6, 6.07) is -1.19. The van der Waals surface area contributed by atoms with Gasteiger partial charge in [0.1, 0.15) is 36.6 Å². The number of hydrogen-bond donors (Lipinski definition) is 8. The van der Waals surface area contributed by atoms with E-state index >= 15 is 0 Å². The van der Waals surface area contributed by atoms with Gasteiger partial charge in [-0.1, -0.05) is 179 Å². The van der Waals surface area contributed by atoms with Gasteiger partial charge in [-0.3, -0.25) is 4.79 Å². The normalized spacial score (nSPS) is 21.6. The average Bonchev–Trinajstić information content (AvgIpc) is 3.27. The summed E-state index contributed by atoms with van der Waals surface area (Å²) >= 11 is 0. The van der Waals surface area contributed by atoms with E-state index in [1.807, 2.05) is 6.08 Å². The molecule has 0 saturated carbocycles. The molecule has 0 aromatic carbocycles. The molecule has 9 atom stereocenters. The Bertz CT molecular complexity index is 1100. The number of hydrogen-bond acceptors (Lipinski definition) is 10. The predicted octanol–water partition coefficient (Wildman–Crippen LogP) is 9.17. The lowest BCUT2D eigenvalue weighted by molar-refractivity contribution is -0.303. The lowest BCUT2D eigenvalue weighted by Gasteiger charge is -2.40. The highest BCUT2D eigenvalue weighted by atomic mass is 16.7. The Labute approximate surface area is 377 Å². The van der Waals surface area contributed by atoms with Gasteiger partial charge in [0.05, 0.1) is 25.4 Å². The van der Waals surface area contributed by atoms with Crippen LogP contribution in [0.15, 0.2) is 36.5 Å². The van der Waals surface area contributed by atoms with Crippen molar-refractivity contribution in [1.29, 1.82) is 0 Å². The van der Waals surface area contributed by atoms with Gasteiger partial charge in [0.25, 0.3) is 0 Å². The van der Waals surface area contributed by atoms with Gasteiger partial charge in [-0.2, -0.15) is 0 Å². The largest absolute Gasteiger partial charge is 0.394 e. The number of amides is 1. The number of aliphatic hydroxyl groups excluding tert-OH is 7. The minimum absolute atomic E-state index is 0.243. The molecule has 0 spiro atoms. The maximum Gasteiger partial charge on any atom is 0.249 e. The molecule has 0 aliphatic carbocycles. The van der Waals surface area contributed by atoms with Crippen molar-refractivity contribution in [3.8, 4) is 0 Å². The fourth-order valence-corrected chi connectivity index (χ4v) is 7.99. The molecule has 1 amide bonds. The number of carbonyl (C=O) groups excluding carboxylic acids is 1. The molecular weight excluding hydrogens is 787 g/mol.